The van der Waals surface area contributed by atoms with Crippen LogP contribution in [0.25, 0.3) is 0 Å². The zero-order chi connectivity index (χ0) is 12.6. The Kier molecular flexibility index (Phi) is 3.52. The average Bonchev–Trinajstić information content (AvgIpc) is 2.06. The zero-order valence-electron chi connectivity index (χ0n) is 10.2. The van der Waals surface area contributed by atoms with Gasteiger partial charge < -0.3 is 9.64 Å². The smallest absolute Gasteiger partial charge is 0.410 e. The van der Waals surface area contributed by atoms with Crippen LogP contribution in [0.15, 0.2) is 0 Å². The van der Waals surface area contributed by atoms with E-state index < -0.39 is 26.8 Å². The summed E-state index contributed by atoms with van der Waals surface area (Å²) in [5, 5.41) is -0.506. The van der Waals surface area contributed by atoms with Gasteiger partial charge in [-0.25, -0.2) is 13.2 Å². The molecule has 1 aliphatic rings. The maximum Gasteiger partial charge on any atom is 0.410 e. The van der Waals surface area contributed by atoms with Crippen molar-refractivity contribution in [1.29, 1.82) is 0 Å². The molecule has 1 saturated heterocycles. The molecule has 1 rings (SSSR count). The van der Waals surface area contributed by atoms with Gasteiger partial charge in [-0.15, -0.1) is 0 Å². The second kappa shape index (κ2) is 4.24. The molecule has 0 aromatic carbocycles. The molecule has 0 unspecified atom stereocenters. The van der Waals surface area contributed by atoms with Crippen molar-refractivity contribution >= 4 is 15.9 Å². The standard InChI is InChI=1S/C10H19NO4S/c1-8-7-11(5-6-16(8,13)14)9(12)15-10(2,3)4/h8H,5-7H2,1-4H3/t8-/m0/s1. The van der Waals surface area contributed by atoms with Crippen molar-refractivity contribution in [3.63, 3.8) is 0 Å². The molecule has 0 saturated carbocycles. The number of hydrogen-bond donors (Lipinski definition) is 0. The van der Waals surface area contributed by atoms with E-state index >= 15 is 0 Å². The van der Waals surface area contributed by atoms with Crippen LogP contribution in [-0.4, -0.2) is 49.1 Å². The molecule has 0 bridgehead atoms. The monoisotopic (exact) mass is 249 g/mol. The lowest BCUT2D eigenvalue weighted by Gasteiger charge is -2.32. The van der Waals surface area contributed by atoms with Crippen LogP contribution in [0.4, 0.5) is 4.79 Å². The number of carbonyl (C=O) groups excluding carboxylic acids is 1. The van der Waals surface area contributed by atoms with Crippen molar-refractivity contribution in [1.82, 2.24) is 4.90 Å². The summed E-state index contributed by atoms with van der Waals surface area (Å²) in [6.07, 6.45) is -0.436. The van der Waals surface area contributed by atoms with E-state index in [4.69, 9.17) is 4.74 Å². The van der Waals surface area contributed by atoms with Gasteiger partial charge in [0.15, 0.2) is 9.84 Å². The second-order valence-electron chi connectivity index (χ2n) is 5.10. The lowest BCUT2D eigenvalue weighted by Crippen LogP contribution is -2.49. The molecule has 0 aliphatic carbocycles. The molecule has 1 amide bonds. The van der Waals surface area contributed by atoms with Gasteiger partial charge in [-0.05, 0) is 27.7 Å². The third kappa shape index (κ3) is 3.37. The maximum absolute atomic E-state index is 11.7. The highest BCUT2D eigenvalue weighted by molar-refractivity contribution is 7.92. The summed E-state index contributed by atoms with van der Waals surface area (Å²) in [4.78, 5) is 13.1. The summed E-state index contributed by atoms with van der Waals surface area (Å²) in [7, 11) is -3.02. The van der Waals surface area contributed by atoms with E-state index in [9.17, 15) is 13.2 Å². The van der Waals surface area contributed by atoms with E-state index in [2.05, 4.69) is 0 Å². The normalized spacial score (nSPS) is 25.2. The Morgan fingerprint density at radius 1 is 1.38 bits per heavy atom. The molecule has 1 atom stereocenters. The van der Waals surface area contributed by atoms with Crippen LogP contribution < -0.4 is 0 Å². The number of rotatable bonds is 0. The highest BCUT2D eigenvalue weighted by Crippen LogP contribution is 2.15. The topological polar surface area (TPSA) is 63.7 Å². The minimum atomic E-state index is -3.02. The maximum atomic E-state index is 11.7. The van der Waals surface area contributed by atoms with Gasteiger partial charge in [-0.1, -0.05) is 0 Å². The van der Waals surface area contributed by atoms with Gasteiger partial charge in [0, 0.05) is 13.1 Å². The van der Waals surface area contributed by atoms with Crippen molar-refractivity contribution in [3.05, 3.63) is 0 Å². The zero-order valence-corrected chi connectivity index (χ0v) is 11.0. The van der Waals surface area contributed by atoms with Gasteiger partial charge in [0.05, 0.1) is 11.0 Å². The van der Waals surface area contributed by atoms with Crippen LogP contribution in [0.3, 0.4) is 0 Å². The molecule has 0 spiro atoms. The van der Waals surface area contributed by atoms with Gasteiger partial charge in [0.1, 0.15) is 5.60 Å². The molecule has 16 heavy (non-hydrogen) atoms. The first-order chi connectivity index (χ1) is 7.12. The first-order valence-corrected chi connectivity index (χ1v) is 7.03. The second-order valence-corrected chi connectivity index (χ2v) is 7.64. The molecule has 5 nitrogen and oxygen atoms in total. The van der Waals surface area contributed by atoms with Gasteiger partial charge in [-0.2, -0.15) is 0 Å². The molecule has 0 aromatic rings. The number of sulfone groups is 1. The molecule has 0 N–H and O–H groups in total. The van der Waals surface area contributed by atoms with E-state index in [1.54, 1.807) is 27.7 Å². The predicted octanol–water partition coefficient (Wildman–Crippen LogP) is 1.04. The van der Waals surface area contributed by atoms with Gasteiger partial charge >= 0.3 is 6.09 Å². The number of amides is 1. The summed E-state index contributed by atoms with van der Waals surface area (Å²) in [6.45, 7) is 7.42. The van der Waals surface area contributed by atoms with Crippen LogP contribution in [0, 0.1) is 0 Å². The van der Waals surface area contributed by atoms with E-state index in [0.717, 1.165) is 0 Å². The first kappa shape index (κ1) is 13.3. The Morgan fingerprint density at radius 3 is 2.38 bits per heavy atom. The van der Waals surface area contributed by atoms with Crippen LogP contribution in [0.1, 0.15) is 27.7 Å². The Hall–Kier alpha value is -0.780. The van der Waals surface area contributed by atoms with Gasteiger partial charge in [0.25, 0.3) is 0 Å². The van der Waals surface area contributed by atoms with Gasteiger partial charge in [-0.3, -0.25) is 0 Å². The van der Waals surface area contributed by atoms with Crippen molar-refractivity contribution in [3.8, 4) is 0 Å². The molecular formula is C10H19NO4S. The Labute approximate surface area is 96.7 Å². The third-order valence-corrected chi connectivity index (χ3v) is 4.51. The highest BCUT2D eigenvalue weighted by atomic mass is 32.2. The summed E-state index contributed by atoms with van der Waals surface area (Å²) >= 11 is 0. The van der Waals surface area contributed by atoms with E-state index in [-0.39, 0.29) is 18.8 Å². The lowest BCUT2D eigenvalue weighted by molar-refractivity contribution is 0.0256. The minimum Gasteiger partial charge on any atom is -0.444 e. The van der Waals surface area contributed by atoms with Gasteiger partial charge in [0.2, 0.25) is 0 Å². The SMILES string of the molecule is C[C@H]1CN(C(=O)OC(C)(C)C)CCS1(=O)=O. The van der Waals surface area contributed by atoms with Crippen LogP contribution in [-0.2, 0) is 14.6 Å². The molecule has 6 heteroatoms. The highest BCUT2D eigenvalue weighted by Gasteiger charge is 2.33. The Morgan fingerprint density at radius 2 is 1.94 bits per heavy atom. The minimum absolute atomic E-state index is 0.0212. The fourth-order valence-corrected chi connectivity index (χ4v) is 2.73. The average molecular weight is 249 g/mol. The first-order valence-electron chi connectivity index (χ1n) is 5.31. The third-order valence-electron chi connectivity index (χ3n) is 2.39. The molecule has 1 aliphatic heterocycles. The molecular weight excluding hydrogens is 230 g/mol. The molecule has 1 fully saturated rings. The quantitative estimate of drug-likeness (QED) is 0.643. The number of ether oxygens (including phenoxy) is 1. The van der Waals surface area contributed by atoms with Crippen molar-refractivity contribution in [2.45, 2.75) is 38.5 Å². The Bertz CT molecular complexity index is 369. The van der Waals surface area contributed by atoms with Crippen LogP contribution >= 0.6 is 0 Å². The molecule has 0 radical (unpaired) electrons. The molecule has 0 aromatic heterocycles. The van der Waals surface area contributed by atoms with Crippen LogP contribution in [0.5, 0.6) is 0 Å². The molecule has 1 heterocycles. The molecule has 94 valence electrons. The summed E-state index contributed by atoms with van der Waals surface area (Å²) in [5.74, 6) is 0.0212. The fourth-order valence-electron chi connectivity index (χ4n) is 1.45. The van der Waals surface area contributed by atoms with E-state index in [0.29, 0.717) is 0 Å². The summed E-state index contributed by atoms with van der Waals surface area (Å²) < 4.78 is 28.1. The lowest BCUT2D eigenvalue weighted by atomic mass is 10.2. The number of nitrogens with zero attached hydrogens (tertiary/aromatic N) is 1. The summed E-state index contributed by atoms with van der Waals surface area (Å²) in [6, 6.07) is 0. The van der Waals surface area contributed by atoms with Crippen LogP contribution in [0.2, 0.25) is 0 Å². The fraction of sp³-hybridized carbons (Fsp3) is 0.900. The van der Waals surface area contributed by atoms with Crippen molar-refractivity contribution in [2.75, 3.05) is 18.8 Å². The largest absolute Gasteiger partial charge is 0.444 e. The predicted molar refractivity (Wildman–Crippen MR) is 61.1 cm³/mol. The Balaban J connectivity index is 2.62. The number of hydrogen-bond acceptors (Lipinski definition) is 4. The van der Waals surface area contributed by atoms with E-state index in [1.807, 2.05) is 0 Å². The van der Waals surface area contributed by atoms with Crippen molar-refractivity contribution in [2.24, 2.45) is 0 Å². The van der Waals surface area contributed by atoms with Crippen molar-refractivity contribution < 1.29 is 17.9 Å². The summed E-state index contributed by atoms with van der Waals surface area (Å²) in [5.41, 5.74) is -0.545. The van der Waals surface area contributed by atoms with E-state index in [1.165, 1.54) is 4.90 Å². The number of carbonyl (C=O) groups is 1.